The van der Waals surface area contributed by atoms with E-state index in [1.807, 2.05) is 6.92 Å². The molecule has 108 valence electrons. The summed E-state index contributed by atoms with van der Waals surface area (Å²) in [6.45, 7) is 2.69. The molecule has 20 heavy (non-hydrogen) atoms. The van der Waals surface area contributed by atoms with Crippen LogP contribution < -0.4 is 10.5 Å². The third kappa shape index (κ3) is 2.65. The fourth-order valence-corrected chi connectivity index (χ4v) is 2.10. The fourth-order valence-electron chi connectivity index (χ4n) is 2.10. The predicted molar refractivity (Wildman–Crippen MR) is 71.5 cm³/mol. The Morgan fingerprint density at radius 3 is 2.70 bits per heavy atom. The number of nitrogens with zero attached hydrogens (tertiary/aromatic N) is 2. The van der Waals surface area contributed by atoms with Crippen molar-refractivity contribution in [1.82, 2.24) is 9.78 Å². The lowest BCUT2D eigenvalue weighted by Crippen LogP contribution is -2.18. The molecule has 4 nitrogen and oxygen atoms in total. The average Bonchev–Trinajstić information content (AvgIpc) is 2.84. The average molecular weight is 281 g/mol. The van der Waals surface area contributed by atoms with Crippen molar-refractivity contribution >= 4 is 0 Å². The van der Waals surface area contributed by atoms with Crippen molar-refractivity contribution in [3.05, 3.63) is 47.3 Å². The SMILES string of the molecule is CCCn1ncc(OC)c1C(N)c1ccc(F)c(F)c1. The number of hydrogen-bond donors (Lipinski definition) is 1. The summed E-state index contributed by atoms with van der Waals surface area (Å²) in [6.07, 6.45) is 2.45. The van der Waals surface area contributed by atoms with Gasteiger partial charge in [-0.15, -0.1) is 0 Å². The van der Waals surface area contributed by atoms with Crippen molar-refractivity contribution in [3.63, 3.8) is 0 Å². The minimum atomic E-state index is -0.918. The van der Waals surface area contributed by atoms with E-state index in [4.69, 9.17) is 10.5 Å². The van der Waals surface area contributed by atoms with E-state index >= 15 is 0 Å². The highest BCUT2D eigenvalue weighted by atomic mass is 19.2. The molecule has 0 fully saturated rings. The Balaban J connectivity index is 2.43. The molecule has 2 rings (SSSR count). The number of rotatable bonds is 5. The molecule has 1 aromatic carbocycles. The largest absolute Gasteiger partial charge is 0.493 e. The lowest BCUT2D eigenvalue weighted by atomic mass is 10.0. The molecule has 2 aromatic rings. The Hall–Kier alpha value is -1.95. The van der Waals surface area contributed by atoms with Crippen LogP contribution in [0.1, 0.15) is 30.6 Å². The van der Waals surface area contributed by atoms with Gasteiger partial charge in [0.05, 0.1) is 19.3 Å². The molecule has 0 amide bonds. The Kier molecular flexibility index (Phi) is 4.34. The van der Waals surface area contributed by atoms with Gasteiger partial charge < -0.3 is 10.5 Å². The Morgan fingerprint density at radius 2 is 2.10 bits per heavy atom. The van der Waals surface area contributed by atoms with Gasteiger partial charge in [0.1, 0.15) is 5.69 Å². The zero-order valence-electron chi connectivity index (χ0n) is 11.4. The zero-order chi connectivity index (χ0) is 14.7. The molecule has 0 radical (unpaired) electrons. The van der Waals surface area contributed by atoms with E-state index in [2.05, 4.69) is 5.10 Å². The molecule has 0 spiro atoms. The highest BCUT2D eigenvalue weighted by molar-refractivity contribution is 5.36. The van der Waals surface area contributed by atoms with Gasteiger partial charge in [0.2, 0.25) is 0 Å². The quantitative estimate of drug-likeness (QED) is 0.916. The van der Waals surface area contributed by atoms with Gasteiger partial charge in [0, 0.05) is 6.54 Å². The highest BCUT2D eigenvalue weighted by Crippen LogP contribution is 2.29. The summed E-state index contributed by atoms with van der Waals surface area (Å²) in [5, 5.41) is 4.21. The van der Waals surface area contributed by atoms with Crippen LogP contribution in [0, 0.1) is 11.6 Å². The summed E-state index contributed by atoms with van der Waals surface area (Å²) in [4.78, 5) is 0. The van der Waals surface area contributed by atoms with Gasteiger partial charge in [-0.05, 0) is 24.1 Å². The maximum Gasteiger partial charge on any atom is 0.161 e. The normalized spacial score (nSPS) is 12.4. The molecular weight excluding hydrogens is 264 g/mol. The van der Waals surface area contributed by atoms with Crippen molar-refractivity contribution in [2.45, 2.75) is 25.9 Å². The van der Waals surface area contributed by atoms with E-state index < -0.39 is 17.7 Å². The standard InChI is InChI=1S/C14H17F2N3O/c1-3-6-19-14(12(20-2)8-18-19)13(17)9-4-5-10(15)11(16)7-9/h4-5,7-8,13H,3,6,17H2,1-2H3. The van der Waals surface area contributed by atoms with Crippen LogP contribution in [0.2, 0.25) is 0 Å². The van der Waals surface area contributed by atoms with Gasteiger partial charge in [-0.25, -0.2) is 8.78 Å². The van der Waals surface area contributed by atoms with Crippen molar-refractivity contribution in [3.8, 4) is 5.75 Å². The smallest absolute Gasteiger partial charge is 0.161 e. The lowest BCUT2D eigenvalue weighted by molar-refractivity contribution is 0.403. The van der Waals surface area contributed by atoms with E-state index in [-0.39, 0.29) is 0 Å². The topological polar surface area (TPSA) is 53.1 Å². The van der Waals surface area contributed by atoms with Gasteiger partial charge in [-0.3, -0.25) is 4.68 Å². The third-order valence-electron chi connectivity index (χ3n) is 3.10. The Morgan fingerprint density at radius 1 is 1.35 bits per heavy atom. The molecule has 1 atom stereocenters. The monoisotopic (exact) mass is 281 g/mol. The van der Waals surface area contributed by atoms with Crippen LogP contribution in [0.5, 0.6) is 5.75 Å². The molecule has 0 saturated carbocycles. The molecule has 0 aliphatic carbocycles. The van der Waals surface area contributed by atoms with Crippen LogP contribution >= 0.6 is 0 Å². The number of aryl methyl sites for hydroxylation is 1. The summed E-state index contributed by atoms with van der Waals surface area (Å²) in [5.41, 5.74) is 7.28. The minimum Gasteiger partial charge on any atom is -0.493 e. The van der Waals surface area contributed by atoms with Crippen molar-refractivity contribution < 1.29 is 13.5 Å². The number of ether oxygens (including phenoxy) is 1. The number of benzene rings is 1. The van der Waals surface area contributed by atoms with E-state index in [9.17, 15) is 8.78 Å². The molecule has 1 unspecified atom stereocenters. The molecule has 2 N–H and O–H groups in total. The first kappa shape index (κ1) is 14.5. The maximum atomic E-state index is 13.3. The number of methoxy groups -OCH3 is 1. The third-order valence-corrected chi connectivity index (χ3v) is 3.10. The van der Waals surface area contributed by atoms with E-state index in [1.165, 1.54) is 13.2 Å². The van der Waals surface area contributed by atoms with Crippen molar-refractivity contribution in [2.75, 3.05) is 7.11 Å². The molecule has 1 heterocycles. The second-order valence-electron chi connectivity index (χ2n) is 4.47. The van der Waals surface area contributed by atoms with E-state index in [1.54, 1.807) is 10.9 Å². The van der Waals surface area contributed by atoms with E-state index in [0.717, 1.165) is 18.6 Å². The van der Waals surface area contributed by atoms with Crippen molar-refractivity contribution in [1.29, 1.82) is 0 Å². The van der Waals surface area contributed by atoms with Gasteiger partial charge in [-0.2, -0.15) is 5.10 Å². The van der Waals surface area contributed by atoms with E-state index in [0.29, 0.717) is 23.6 Å². The lowest BCUT2D eigenvalue weighted by Gasteiger charge is -2.16. The second-order valence-corrected chi connectivity index (χ2v) is 4.47. The number of hydrogen-bond acceptors (Lipinski definition) is 3. The minimum absolute atomic E-state index is 0.472. The summed E-state index contributed by atoms with van der Waals surface area (Å²) in [6, 6.07) is 3.00. The van der Waals surface area contributed by atoms with Gasteiger partial charge in [-0.1, -0.05) is 13.0 Å². The number of aromatic nitrogens is 2. The number of nitrogens with two attached hydrogens (primary N) is 1. The summed E-state index contributed by atoms with van der Waals surface area (Å²) < 4.78 is 33.3. The first-order valence-corrected chi connectivity index (χ1v) is 6.38. The van der Waals surface area contributed by atoms with Crippen LogP contribution in [0.3, 0.4) is 0 Å². The molecule has 0 aliphatic rings. The summed E-state index contributed by atoms with van der Waals surface area (Å²) in [5.74, 6) is -1.27. The van der Waals surface area contributed by atoms with Crippen LogP contribution in [-0.2, 0) is 6.54 Å². The Labute approximate surface area is 116 Å². The Bertz CT molecular complexity index is 598. The molecule has 6 heteroatoms. The molecular formula is C14H17F2N3O. The van der Waals surface area contributed by atoms with Crippen molar-refractivity contribution in [2.24, 2.45) is 5.73 Å². The first-order chi connectivity index (χ1) is 9.58. The van der Waals surface area contributed by atoms with Crippen LogP contribution in [-0.4, -0.2) is 16.9 Å². The van der Waals surface area contributed by atoms with Crippen LogP contribution in [0.4, 0.5) is 8.78 Å². The predicted octanol–water partition coefficient (Wildman–Crippen LogP) is 2.63. The van der Waals surface area contributed by atoms with Gasteiger partial charge in [0.15, 0.2) is 17.4 Å². The summed E-state index contributed by atoms with van der Waals surface area (Å²) in [7, 11) is 1.52. The molecule has 0 bridgehead atoms. The zero-order valence-corrected chi connectivity index (χ0v) is 11.4. The summed E-state index contributed by atoms with van der Waals surface area (Å²) >= 11 is 0. The van der Waals surface area contributed by atoms with Crippen LogP contribution in [0.25, 0.3) is 0 Å². The highest BCUT2D eigenvalue weighted by Gasteiger charge is 2.21. The molecule has 0 saturated heterocycles. The van der Waals surface area contributed by atoms with Gasteiger partial charge in [0.25, 0.3) is 0 Å². The van der Waals surface area contributed by atoms with Crippen LogP contribution in [0.15, 0.2) is 24.4 Å². The second kappa shape index (κ2) is 6.00. The molecule has 1 aromatic heterocycles. The van der Waals surface area contributed by atoms with Gasteiger partial charge >= 0.3 is 0 Å². The fraction of sp³-hybridized carbons (Fsp3) is 0.357. The maximum absolute atomic E-state index is 13.3. The first-order valence-electron chi connectivity index (χ1n) is 6.38. The number of halogens is 2. The molecule has 0 aliphatic heterocycles.